The van der Waals surface area contributed by atoms with Gasteiger partial charge in [-0.15, -0.1) is 10.2 Å². The monoisotopic (exact) mass is 424 g/mol. The van der Waals surface area contributed by atoms with Gasteiger partial charge in [0.1, 0.15) is 5.75 Å². The number of ether oxygens (including phenoxy) is 1. The number of hydrogen-bond donors (Lipinski definition) is 1. The van der Waals surface area contributed by atoms with Crippen molar-refractivity contribution in [3.8, 4) is 22.8 Å². The molecule has 2 N–H and O–H groups in total. The van der Waals surface area contributed by atoms with E-state index < -0.39 is 11.2 Å². The maximum absolute atomic E-state index is 11.6. The molecule has 158 valence electrons. The Hall–Kier alpha value is -2.80. The van der Waals surface area contributed by atoms with E-state index in [2.05, 4.69) is 55.2 Å². The Bertz CT molecular complexity index is 1010. The highest BCUT2D eigenvalue weighted by Crippen LogP contribution is 2.32. The van der Waals surface area contributed by atoms with Crippen molar-refractivity contribution in [2.45, 2.75) is 50.4 Å². The fourth-order valence-electron chi connectivity index (χ4n) is 2.96. The first-order chi connectivity index (χ1) is 14.2. The van der Waals surface area contributed by atoms with Gasteiger partial charge in [0.25, 0.3) is 0 Å². The summed E-state index contributed by atoms with van der Waals surface area (Å²) in [5.74, 6) is 1.11. The number of carbonyl (C=O) groups is 1. The highest BCUT2D eigenvalue weighted by Gasteiger charge is 2.21. The Morgan fingerprint density at radius 1 is 1.10 bits per heavy atom. The first kappa shape index (κ1) is 21.9. The van der Waals surface area contributed by atoms with Gasteiger partial charge in [0.2, 0.25) is 5.91 Å². The quantitative estimate of drug-likeness (QED) is 0.561. The summed E-state index contributed by atoms with van der Waals surface area (Å²) >= 11 is 1.29. The lowest BCUT2D eigenvalue weighted by Crippen LogP contribution is -2.23. The van der Waals surface area contributed by atoms with Gasteiger partial charge >= 0.3 is 0 Å². The van der Waals surface area contributed by atoms with E-state index in [-0.39, 0.29) is 5.41 Å². The summed E-state index contributed by atoms with van der Waals surface area (Å²) in [5.41, 5.74) is 8.62. The SMILES string of the molecule is CCOc1ccc(-n2c(SC(C)C(N)=O)nnc2-c2ccc(C(C)(C)C)cc2)cc1. The second-order valence-corrected chi connectivity index (χ2v) is 9.37. The first-order valence-corrected chi connectivity index (χ1v) is 10.8. The fourth-order valence-corrected chi connectivity index (χ4v) is 3.78. The van der Waals surface area contributed by atoms with Crippen LogP contribution in [0.5, 0.6) is 5.75 Å². The smallest absolute Gasteiger partial charge is 0.230 e. The summed E-state index contributed by atoms with van der Waals surface area (Å²) < 4.78 is 7.51. The number of nitrogens with zero attached hydrogens (tertiary/aromatic N) is 3. The predicted octanol–water partition coefficient (Wildman–Crippen LogP) is 4.60. The van der Waals surface area contributed by atoms with Gasteiger partial charge in [0.05, 0.1) is 11.9 Å². The van der Waals surface area contributed by atoms with Gasteiger partial charge in [-0.1, -0.05) is 56.8 Å². The zero-order valence-electron chi connectivity index (χ0n) is 18.0. The zero-order valence-corrected chi connectivity index (χ0v) is 18.9. The number of amides is 1. The molecule has 6 nitrogen and oxygen atoms in total. The molecular formula is C23H28N4O2S. The van der Waals surface area contributed by atoms with Crippen LogP contribution >= 0.6 is 11.8 Å². The molecule has 3 rings (SSSR count). The minimum Gasteiger partial charge on any atom is -0.494 e. The van der Waals surface area contributed by atoms with Gasteiger partial charge in [-0.25, -0.2) is 0 Å². The van der Waals surface area contributed by atoms with Crippen molar-refractivity contribution in [3.63, 3.8) is 0 Å². The number of thioether (sulfide) groups is 1. The van der Waals surface area contributed by atoms with Crippen molar-refractivity contribution < 1.29 is 9.53 Å². The minimum atomic E-state index is -0.424. The Kier molecular flexibility index (Phi) is 6.51. The van der Waals surface area contributed by atoms with E-state index in [4.69, 9.17) is 10.5 Å². The summed E-state index contributed by atoms with van der Waals surface area (Å²) in [6.45, 7) is 10.9. The van der Waals surface area contributed by atoms with Crippen LogP contribution in [0, 0.1) is 0 Å². The standard InChI is InChI=1S/C23H28N4O2S/c1-6-29-19-13-11-18(12-14-19)27-21(25-26-22(27)30-15(2)20(24)28)16-7-9-17(10-8-16)23(3,4)5/h7-15H,6H2,1-5H3,(H2,24,28). The number of carbonyl (C=O) groups excluding carboxylic acids is 1. The number of nitrogens with two attached hydrogens (primary N) is 1. The Morgan fingerprint density at radius 2 is 1.73 bits per heavy atom. The molecule has 3 aromatic rings. The molecule has 0 aliphatic carbocycles. The van der Waals surface area contributed by atoms with Crippen molar-refractivity contribution in [3.05, 3.63) is 54.1 Å². The third-order valence-electron chi connectivity index (χ3n) is 4.73. The maximum atomic E-state index is 11.6. The molecule has 1 aromatic heterocycles. The second kappa shape index (κ2) is 8.92. The molecule has 0 saturated heterocycles. The third-order valence-corrected chi connectivity index (χ3v) is 5.79. The lowest BCUT2D eigenvalue weighted by atomic mass is 9.87. The van der Waals surface area contributed by atoms with Crippen LogP contribution in [0.25, 0.3) is 17.1 Å². The van der Waals surface area contributed by atoms with E-state index in [0.29, 0.717) is 17.6 Å². The van der Waals surface area contributed by atoms with Gasteiger partial charge in [0.15, 0.2) is 11.0 Å². The van der Waals surface area contributed by atoms with E-state index in [1.807, 2.05) is 35.8 Å². The average molecular weight is 425 g/mol. The lowest BCUT2D eigenvalue weighted by Gasteiger charge is -2.19. The van der Waals surface area contributed by atoms with Crippen molar-refractivity contribution in [2.24, 2.45) is 5.73 Å². The number of hydrogen-bond acceptors (Lipinski definition) is 5. The van der Waals surface area contributed by atoms with Crippen LogP contribution in [0.15, 0.2) is 53.7 Å². The zero-order chi connectivity index (χ0) is 21.9. The van der Waals surface area contributed by atoms with Crippen molar-refractivity contribution in [1.82, 2.24) is 14.8 Å². The maximum Gasteiger partial charge on any atom is 0.230 e. The van der Waals surface area contributed by atoms with E-state index >= 15 is 0 Å². The molecule has 1 unspecified atom stereocenters. The van der Waals surface area contributed by atoms with Crippen LogP contribution in [-0.4, -0.2) is 32.5 Å². The van der Waals surface area contributed by atoms with Gasteiger partial charge in [-0.3, -0.25) is 9.36 Å². The molecule has 0 aliphatic rings. The summed E-state index contributed by atoms with van der Waals surface area (Å²) in [7, 11) is 0. The first-order valence-electron chi connectivity index (χ1n) is 9.96. The molecule has 1 amide bonds. The molecule has 0 bridgehead atoms. The Balaban J connectivity index is 2.07. The summed E-state index contributed by atoms with van der Waals surface area (Å²) in [4.78, 5) is 11.6. The number of aromatic nitrogens is 3. The molecule has 2 aromatic carbocycles. The Labute approximate surface area is 181 Å². The van der Waals surface area contributed by atoms with Crippen LogP contribution in [0.2, 0.25) is 0 Å². The fraction of sp³-hybridized carbons (Fsp3) is 0.348. The Morgan fingerprint density at radius 3 is 2.27 bits per heavy atom. The molecule has 1 heterocycles. The molecule has 0 fully saturated rings. The van der Waals surface area contributed by atoms with Gasteiger partial charge in [-0.05, 0) is 49.1 Å². The molecular weight excluding hydrogens is 396 g/mol. The largest absolute Gasteiger partial charge is 0.494 e. The second-order valence-electron chi connectivity index (χ2n) is 8.06. The number of benzene rings is 2. The molecule has 1 atom stereocenters. The summed E-state index contributed by atoms with van der Waals surface area (Å²) in [6.07, 6.45) is 0. The summed E-state index contributed by atoms with van der Waals surface area (Å²) in [6, 6.07) is 16.1. The van der Waals surface area contributed by atoms with Crippen LogP contribution in [-0.2, 0) is 10.2 Å². The van der Waals surface area contributed by atoms with E-state index in [9.17, 15) is 4.79 Å². The molecule has 7 heteroatoms. The molecule has 30 heavy (non-hydrogen) atoms. The van der Waals surface area contributed by atoms with Crippen LogP contribution < -0.4 is 10.5 Å². The third kappa shape index (κ3) is 4.84. The van der Waals surface area contributed by atoms with Gasteiger partial charge in [-0.2, -0.15) is 0 Å². The highest BCUT2D eigenvalue weighted by atomic mass is 32.2. The summed E-state index contributed by atoms with van der Waals surface area (Å²) in [5, 5.41) is 8.98. The van der Waals surface area contributed by atoms with Crippen molar-refractivity contribution in [1.29, 1.82) is 0 Å². The molecule has 0 aliphatic heterocycles. The van der Waals surface area contributed by atoms with Crippen LogP contribution in [0.4, 0.5) is 0 Å². The predicted molar refractivity (Wildman–Crippen MR) is 121 cm³/mol. The number of rotatable bonds is 7. The van der Waals surface area contributed by atoms with E-state index in [1.165, 1.54) is 17.3 Å². The van der Waals surface area contributed by atoms with Crippen molar-refractivity contribution in [2.75, 3.05) is 6.61 Å². The van der Waals surface area contributed by atoms with Gasteiger partial charge < -0.3 is 10.5 Å². The van der Waals surface area contributed by atoms with Crippen LogP contribution in [0.1, 0.15) is 40.2 Å². The normalized spacial score (nSPS) is 12.6. The van der Waals surface area contributed by atoms with Crippen LogP contribution in [0.3, 0.4) is 0 Å². The topological polar surface area (TPSA) is 83.0 Å². The average Bonchev–Trinajstić information content (AvgIpc) is 3.11. The minimum absolute atomic E-state index is 0.0687. The molecule has 0 saturated carbocycles. The van der Waals surface area contributed by atoms with Crippen molar-refractivity contribution >= 4 is 17.7 Å². The van der Waals surface area contributed by atoms with E-state index in [0.717, 1.165) is 17.0 Å². The highest BCUT2D eigenvalue weighted by molar-refractivity contribution is 8.00. The molecule has 0 radical (unpaired) electrons. The molecule has 0 spiro atoms. The van der Waals surface area contributed by atoms with Gasteiger partial charge in [0, 0.05) is 11.3 Å². The van der Waals surface area contributed by atoms with E-state index in [1.54, 1.807) is 6.92 Å². The lowest BCUT2D eigenvalue weighted by molar-refractivity contribution is -0.117. The number of primary amides is 1.